The number of hydrogen-bond acceptors (Lipinski definition) is 3. The predicted octanol–water partition coefficient (Wildman–Crippen LogP) is 1.88. The number of carboxylic acids is 1. The van der Waals surface area contributed by atoms with Gasteiger partial charge in [0.2, 0.25) is 0 Å². The lowest BCUT2D eigenvalue weighted by molar-refractivity contribution is -0.137. The van der Waals surface area contributed by atoms with Gasteiger partial charge in [0.1, 0.15) is 0 Å². The maximum atomic E-state index is 12.1. The first-order valence-electron chi connectivity index (χ1n) is 6.90. The van der Waals surface area contributed by atoms with E-state index >= 15 is 0 Å². The third-order valence-electron chi connectivity index (χ3n) is 3.00. The number of likely N-dealkylation sites (N-methyl/N-ethyl adjacent to an activating group) is 1. The minimum absolute atomic E-state index is 0.158. The number of amides is 2. The number of aliphatic carboxylic acids is 1. The monoisotopic (exact) mass is 294 g/mol. The van der Waals surface area contributed by atoms with Crippen LogP contribution in [0.3, 0.4) is 0 Å². The Morgan fingerprint density at radius 3 is 2.57 bits per heavy atom. The summed E-state index contributed by atoms with van der Waals surface area (Å²) in [4.78, 5) is 24.5. The molecular formula is C15H22N2O4. The summed E-state index contributed by atoms with van der Waals surface area (Å²) in [6.45, 7) is 3.39. The number of urea groups is 1. The Hall–Kier alpha value is -2.08. The number of benzene rings is 1. The molecule has 0 aliphatic rings. The third-order valence-corrected chi connectivity index (χ3v) is 3.00. The summed E-state index contributed by atoms with van der Waals surface area (Å²) in [6, 6.07) is 8.21. The zero-order valence-corrected chi connectivity index (χ0v) is 12.4. The van der Waals surface area contributed by atoms with Crippen molar-refractivity contribution >= 4 is 12.0 Å². The molecule has 0 radical (unpaired) electrons. The van der Waals surface area contributed by atoms with E-state index in [2.05, 4.69) is 5.32 Å². The number of rotatable bonds is 8. The smallest absolute Gasteiger partial charge is 0.317 e. The number of carbonyl (C=O) groups excluding carboxylic acids is 1. The highest BCUT2D eigenvalue weighted by Crippen LogP contribution is 2.16. The molecule has 0 saturated carbocycles. The molecule has 2 amide bonds. The van der Waals surface area contributed by atoms with Crippen molar-refractivity contribution in [1.29, 1.82) is 0 Å². The van der Waals surface area contributed by atoms with Crippen LogP contribution in [-0.2, 0) is 9.53 Å². The number of hydrogen-bond donors (Lipinski definition) is 2. The fourth-order valence-electron chi connectivity index (χ4n) is 1.82. The summed E-state index contributed by atoms with van der Waals surface area (Å²) in [7, 11) is 1.65. The number of nitrogens with one attached hydrogen (secondary N) is 1. The molecule has 0 saturated heterocycles. The topological polar surface area (TPSA) is 78.9 Å². The first kappa shape index (κ1) is 17.0. The quantitative estimate of drug-likeness (QED) is 0.718. The zero-order valence-electron chi connectivity index (χ0n) is 12.4. The molecule has 1 atom stereocenters. The molecule has 0 fully saturated rings. The van der Waals surface area contributed by atoms with Crippen molar-refractivity contribution in [3.05, 3.63) is 35.9 Å². The summed E-state index contributed by atoms with van der Waals surface area (Å²) in [5.74, 6) is -0.957. The van der Waals surface area contributed by atoms with Crippen LogP contribution in [0.25, 0.3) is 0 Å². The van der Waals surface area contributed by atoms with Gasteiger partial charge < -0.3 is 20.1 Å². The summed E-state index contributed by atoms with van der Waals surface area (Å²) in [6.07, 6.45) is -0.158. The molecule has 6 heteroatoms. The molecule has 0 bridgehead atoms. The fourth-order valence-corrected chi connectivity index (χ4v) is 1.82. The molecule has 0 aliphatic heterocycles. The Kier molecular flexibility index (Phi) is 7.25. The van der Waals surface area contributed by atoms with Gasteiger partial charge in [-0.1, -0.05) is 30.3 Å². The molecule has 1 aromatic rings. The lowest BCUT2D eigenvalue weighted by Crippen LogP contribution is -2.41. The van der Waals surface area contributed by atoms with Gasteiger partial charge in [-0.25, -0.2) is 4.79 Å². The average molecular weight is 294 g/mol. The van der Waals surface area contributed by atoms with Crippen molar-refractivity contribution < 1.29 is 19.4 Å². The van der Waals surface area contributed by atoms with Gasteiger partial charge in [-0.05, 0) is 12.5 Å². The van der Waals surface area contributed by atoms with Crippen molar-refractivity contribution in [2.45, 2.75) is 19.4 Å². The first-order valence-corrected chi connectivity index (χ1v) is 6.90. The van der Waals surface area contributed by atoms with Crippen LogP contribution in [0.5, 0.6) is 0 Å². The maximum absolute atomic E-state index is 12.1. The van der Waals surface area contributed by atoms with E-state index < -0.39 is 12.0 Å². The van der Waals surface area contributed by atoms with Gasteiger partial charge in [0.05, 0.1) is 19.1 Å². The van der Waals surface area contributed by atoms with E-state index in [0.717, 1.165) is 5.56 Å². The second kappa shape index (κ2) is 8.97. The standard InChI is InChI=1S/C15H22N2O4/c1-3-21-10-9-17(2)15(20)16-13(11-14(18)19)12-7-5-4-6-8-12/h4-8,13H,3,9-11H2,1-2H3,(H,16,20)(H,18,19). The lowest BCUT2D eigenvalue weighted by Gasteiger charge is -2.23. The molecule has 1 unspecified atom stereocenters. The maximum Gasteiger partial charge on any atom is 0.317 e. The van der Waals surface area contributed by atoms with E-state index in [1.807, 2.05) is 25.1 Å². The SMILES string of the molecule is CCOCCN(C)C(=O)NC(CC(=O)O)c1ccccc1. The van der Waals surface area contributed by atoms with Gasteiger partial charge >= 0.3 is 12.0 Å². The second-order valence-electron chi connectivity index (χ2n) is 4.63. The highest BCUT2D eigenvalue weighted by atomic mass is 16.5. The third kappa shape index (κ3) is 6.27. The number of carbonyl (C=O) groups is 2. The lowest BCUT2D eigenvalue weighted by atomic mass is 10.0. The molecule has 1 rings (SSSR count). The molecule has 116 valence electrons. The van der Waals surface area contributed by atoms with Gasteiger partial charge in [-0.2, -0.15) is 0 Å². The van der Waals surface area contributed by atoms with Crippen molar-refractivity contribution in [2.75, 3.05) is 26.8 Å². The first-order chi connectivity index (χ1) is 10.0. The van der Waals surface area contributed by atoms with Crippen LogP contribution in [-0.4, -0.2) is 48.8 Å². The Bertz CT molecular complexity index is 450. The van der Waals surface area contributed by atoms with Gasteiger partial charge in [0, 0.05) is 20.2 Å². The van der Waals surface area contributed by atoms with Crippen molar-refractivity contribution in [3.63, 3.8) is 0 Å². The highest BCUT2D eigenvalue weighted by molar-refractivity contribution is 5.76. The van der Waals surface area contributed by atoms with Crippen LogP contribution in [0.2, 0.25) is 0 Å². The Morgan fingerprint density at radius 1 is 1.33 bits per heavy atom. The summed E-state index contributed by atoms with van der Waals surface area (Å²) < 4.78 is 5.19. The summed E-state index contributed by atoms with van der Waals surface area (Å²) >= 11 is 0. The van der Waals surface area contributed by atoms with Gasteiger partial charge in [-0.3, -0.25) is 4.79 Å². The van der Waals surface area contributed by atoms with Crippen LogP contribution >= 0.6 is 0 Å². The molecule has 2 N–H and O–H groups in total. The average Bonchev–Trinajstić information content (AvgIpc) is 2.47. The van der Waals surface area contributed by atoms with Crippen LogP contribution in [0.4, 0.5) is 4.79 Å². The second-order valence-corrected chi connectivity index (χ2v) is 4.63. The van der Waals surface area contributed by atoms with Gasteiger partial charge in [-0.15, -0.1) is 0 Å². The Labute approximate surface area is 124 Å². The number of ether oxygens (including phenoxy) is 1. The molecule has 0 aliphatic carbocycles. The van der Waals surface area contributed by atoms with Crippen molar-refractivity contribution in [3.8, 4) is 0 Å². The van der Waals surface area contributed by atoms with Crippen molar-refractivity contribution in [2.24, 2.45) is 0 Å². The predicted molar refractivity (Wildman–Crippen MR) is 79.1 cm³/mol. The number of carboxylic acid groups (broad SMARTS) is 1. The van der Waals surface area contributed by atoms with E-state index in [9.17, 15) is 9.59 Å². The van der Waals surface area contributed by atoms with E-state index in [0.29, 0.717) is 19.8 Å². The largest absolute Gasteiger partial charge is 0.481 e. The van der Waals surface area contributed by atoms with Crippen LogP contribution in [0.15, 0.2) is 30.3 Å². The summed E-state index contributed by atoms with van der Waals surface area (Å²) in [5.41, 5.74) is 0.770. The van der Waals surface area contributed by atoms with Crippen molar-refractivity contribution in [1.82, 2.24) is 10.2 Å². The zero-order chi connectivity index (χ0) is 15.7. The molecular weight excluding hydrogens is 272 g/mol. The van der Waals surface area contributed by atoms with Crippen LogP contribution in [0, 0.1) is 0 Å². The van der Waals surface area contributed by atoms with Crippen LogP contribution < -0.4 is 5.32 Å². The van der Waals surface area contributed by atoms with E-state index in [1.54, 1.807) is 19.2 Å². The van der Waals surface area contributed by atoms with Gasteiger partial charge in [0.25, 0.3) is 0 Å². The Morgan fingerprint density at radius 2 is 2.00 bits per heavy atom. The summed E-state index contributed by atoms with van der Waals surface area (Å²) in [5, 5.41) is 11.7. The molecule has 6 nitrogen and oxygen atoms in total. The molecule has 0 spiro atoms. The molecule has 0 heterocycles. The van der Waals surface area contributed by atoms with Crippen LogP contribution in [0.1, 0.15) is 24.9 Å². The highest BCUT2D eigenvalue weighted by Gasteiger charge is 2.19. The van der Waals surface area contributed by atoms with E-state index in [4.69, 9.17) is 9.84 Å². The molecule has 21 heavy (non-hydrogen) atoms. The fraction of sp³-hybridized carbons (Fsp3) is 0.467. The van der Waals surface area contributed by atoms with E-state index in [-0.39, 0.29) is 12.5 Å². The molecule has 1 aromatic carbocycles. The van der Waals surface area contributed by atoms with E-state index in [1.165, 1.54) is 4.90 Å². The number of nitrogens with zero attached hydrogens (tertiary/aromatic N) is 1. The minimum Gasteiger partial charge on any atom is -0.481 e. The molecule has 0 aromatic heterocycles. The Balaban J connectivity index is 2.64. The minimum atomic E-state index is -0.957. The van der Waals surface area contributed by atoms with Gasteiger partial charge in [0.15, 0.2) is 0 Å². The normalized spacial score (nSPS) is 11.7.